The third-order valence-corrected chi connectivity index (χ3v) is 3.26. The molecule has 2 aromatic rings. The van der Waals surface area contributed by atoms with Crippen LogP contribution in [0.5, 0.6) is 11.5 Å². The molecule has 0 atom stereocenters. The molecule has 0 heterocycles. The molecule has 0 saturated carbocycles. The standard InChI is InChI=1S/C15H14ClNO3/c1-2-9-7-10(4-6-13(9)16)20-11-3-5-12(15(18)19)14(17)8-11/h3-8H,2,17H2,1H3,(H,18,19). The Morgan fingerprint density at radius 2 is 1.90 bits per heavy atom. The van der Waals surface area contributed by atoms with Gasteiger partial charge in [-0.3, -0.25) is 0 Å². The van der Waals surface area contributed by atoms with Crippen molar-refractivity contribution in [3.63, 3.8) is 0 Å². The van der Waals surface area contributed by atoms with E-state index < -0.39 is 5.97 Å². The van der Waals surface area contributed by atoms with Gasteiger partial charge in [0.1, 0.15) is 11.5 Å². The van der Waals surface area contributed by atoms with Gasteiger partial charge in [0.2, 0.25) is 0 Å². The summed E-state index contributed by atoms with van der Waals surface area (Å²) in [5, 5.41) is 9.60. The molecule has 0 bridgehead atoms. The average molecular weight is 292 g/mol. The van der Waals surface area contributed by atoms with Crippen LogP contribution in [0.2, 0.25) is 5.02 Å². The molecule has 104 valence electrons. The van der Waals surface area contributed by atoms with Crippen LogP contribution in [0.15, 0.2) is 36.4 Å². The average Bonchev–Trinajstić information content (AvgIpc) is 2.40. The smallest absolute Gasteiger partial charge is 0.337 e. The van der Waals surface area contributed by atoms with Gasteiger partial charge < -0.3 is 15.6 Å². The van der Waals surface area contributed by atoms with Gasteiger partial charge >= 0.3 is 5.97 Å². The van der Waals surface area contributed by atoms with Crippen molar-refractivity contribution < 1.29 is 14.6 Å². The summed E-state index contributed by atoms with van der Waals surface area (Å²) in [4.78, 5) is 10.9. The molecule has 2 rings (SSSR count). The number of nitrogens with two attached hydrogens (primary N) is 1. The highest BCUT2D eigenvalue weighted by Crippen LogP contribution is 2.28. The van der Waals surface area contributed by atoms with Gasteiger partial charge in [0.25, 0.3) is 0 Å². The van der Waals surface area contributed by atoms with Gasteiger partial charge in [0, 0.05) is 16.8 Å². The Balaban J connectivity index is 2.26. The van der Waals surface area contributed by atoms with Gasteiger partial charge in [0.05, 0.1) is 5.56 Å². The van der Waals surface area contributed by atoms with Crippen LogP contribution in [0.25, 0.3) is 0 Å². The third-order valence-electron chi connectivity index (χ3n) is 2.89. The molecular weight excluding hydrogens is 278 g/mol. The maximum absolute atomic E-state index is 10.9. The number of benzene rings is 2. The second kappa shape index (κ2) is 5.84. The summed E-state index contributed by atoms with van der Waals surface area (Å²) in [7, 11) is 0. The van der Waals surface area contributed by atoms with Gasteiger partial charge in [-0.25, -0.2) is 4.79 Å². The molecule has 0 amide bonds. The van der Waals surface area contributed by atoms with Crippen LogP contribution in [-0.4, -0.2) is 11.1 Å². The van der Waals surface area contributed by atoms with E-state index in [4.69, 9.17) is 27.2 Å². The Kier molecular flexibility index (Phi) is 4.15. The number of nitrogen functional groups attached to an aromatic ring is 1. The summed E-state index contributed by atoms with van der Waals surface area (Å²) in [5.74, 6) is 0.0550. The van der Waals surface area contributed by atoms with Crippen LogP contribution in [0, 0.1) is 0 Å². The van der Waals surface area contributed by atoms with Crippen molar-refractivity contribution in [1.82, 2.24) is 0 Å². The number of carbonyl (C=O) groups is 1. The minimum atomic E-state index is -1.06. The van der Waals surface area contributed by atoms with Crippen molar-refractivity contribution in [3.05, 3.63) is 52.5 Å². The number of halogens is 1. The largest absolute Gasteiger partial charge is 0.478 e. The number of hydrogen-bond acceptors (Lipinski definition) is 3. The number of carboxylic acid groups (broad SMARTS) is 1. The molecule has 5 heteroatoms. The summed E-state index contributed by atoms with van der Waals surface area (Å²) >= 11 is 6.04. The van der Waals surface area contributed by atoms with Crippen LogP contribution >= 0.6 is 11.6 Å². The van der Waals surface area contributed by atoms with E-state index in [9.17, 15) is 4.79 Å². The summed E-state index contributed by atoms with van der Waals surface area (Å²) in [6.07, 6.45) is 0.802. The highest BCUT2D eigenvalue weighted by Gasteiger charge is 2.09. The summed E-state index contributed by atoms with van der Waals surface area (Å²) in [6.45, 7) is 2.00. The van der Waals surface area contributed by atoms with Crippen LogP contribution in [0.3, 0.4) is 0 Å². The molecule has 0 unspecified atom stereocenters. The number of anilines is 1. The predicted octanol–water partition coefficient (Wildman–Crippen LogP) is 3.98. The fourth-order valence-electron chi connectivity index (χ4n) is 1.82. The van der Waals surface area contributed by atoms with Crippen LogP contribution in [0.4, 0.5) is 5.69 Å². The van der Waals surface area contributed by atoms with E-state index in [0.29, 0.717) is 16.5 Å². The first-order valence-corrected chi connectivity index (χ1v) is 6.48. The zero-order chi connectivity index (χ0) is 14.7. The van der Waals surface area contributed by atoms with Crippen molar-refractivity contribution in [2.24, 2.45) is 0 Å². The fraction of sp³-hybridized carbons (Fsp3) is 0.133. The summed E-state index contributed by atoms with van der Waals surface area (Å²) < 4.78 is 5.66. The molecular formula is C15H14ClNO3. The first-order chi connectivity index (χ1) is 9.51. The zero-order valence-corrected chi connectivity index (χ0v) is 11.6. The number of ether oxygens (including phenoxy) is 1. The van der Waals surface area contributed by atoms with E-state index in [1.165, 1.54) is 12.1 Å². The quantitative estimate of drug-likeness (QED) is 0.836. The number of rotatable bonds is 4. The van der Waals surface area contributed by atoms with Crippen LogP contribution in [0.1, 0.15) is 22.8 Å². The van der Waals surface area contributed by atoms with E-state index in [1.807, 2.05) is 13.0 Å². The molecule has 0 aliphatic carbocycles. The molecule has 0 spiro atoms. The molecule has 3 N–H and O–H groups in total. The van der Waals surface area contributed by atoms with Gasteiger partial charge in [-0.1, -0.05) is 18.5 Å². The molecule has 0 aliphatic rings. The third kappa shape index (κ3) is 3.03. The second-order valence-corrected chi connectivity index (χ2v) is 4.67. The number of carboxylic acids is 1. The monoisotopic (exact) mass is 291 g/mol. The first-order valence-electron chi connectivity index (χ1n) is 6.10. The Bertz CT molecular complexity index is 656. The van der Waals surface area contributed by atoms with Crippen molar-refractivity contribution in [3.8, 4) is 11.5 Å². The van der Waals surface area contributed by atoms with E-state index in [-0.39, 0.29) is 11.3 Å². The summed E-state index contributed by atoms with van der Waals surface area (Å²) in [5.41, 5.74) is 6.88. The Labute approximate surface area is 121 Å². The van der Waals surface area contributed by atoms with E-state index in [2.05, 4.69) is 0 Å². The lowest BCUT2D eigenvalue weighted by molar-refractivity contribution is 0.0698. The molecule has 0 saturated heterocycles. The molecule has 4 nitrogen and oxygen atoms in total. The lowest BCUT2D eigenvalue weighted by Crippen LogP contribution is -2.02. The van der Waals surface area contributed by atoms with E-state index >= 15 is 0 Å². The van der Waals surface area contributed by atoms with Crippen LogP contribution < -0.4 is 10.5 Å². The predicted molar refractivity (Wildman–Crippen MR) is 78.7 cm³/mol. The van der Waals surface area contributed by atoms with Gasteiger partial charge in [-0.2, -0.15) is 0 Å². The molecule has 0 aliphatic heterocycles. The van der Waals surface area contributed by atoms with Crippen molar-refractivity contribution in [1.29, 1.82) is 0 Å². The Hall–Kier alpha value is -2.20. The molecule has 0 radical (unpaired) electrons. The lowest BCUT2D eigenvalue weighted by Gasteiger charge is -2.09. The zero-order valence-electron chi connectivity index (χ0n) is 10.9. The van der Waals surface area contributed by atoms with Crippen molar-refractivity contribution >= 4 is 23.3 Å². The minimum Gasteiger partial charge on any atom is -0.478 e. The number of aryl methyl sites for hydroxylation is 1. The number of aromatic carboxylic acids is 1. The van der Waals surface area contributed by atoms with Crippen molar-refractivity contribution in [2.45, 2.75) is 13.3 Å². The molecule has 20 heavy (non-hydrogen) atoms. The minimum absolute atomic E-state index is 0.0581. The molecule has 0 aromatic heterocycles. The summed E-state index contributed by atoms with van der Waals surface area (Å²) in [6, 6.07) is 9.85. The van der Waals surface area contributed by atoms with Crippen LogP contribution in [-0.2, 0) is 6.42 Å². The Morgan fingerprint density at radius 1 is 1.25 bits per heavy atom. The second-order valence-electron chi connectivity index (χ2n) is 4.26. The van der Waals surface area contributed by atoms with Gasteiger partial charge in [-0.05, 0) is 42.3 Å². The Morgan fingerprint density at radius 3 is 2.50 bits per heavy atom. The van der Waals surface area contributed by atoms with Gasteiger partial charge in [-0.15, -0.1) is 0 Å². The molecule has 2 aromatic carbocycles. The lowest BCUT2D eigenvalue weighted by atomic mass is 10.1. The van der Waals surface area contributed by atoms with E-state index in [0.717, 1.165) is 12.0 Å². The highest BCUT2D eigenvalue weighted by molar-refractivity contribution is 6.31. The highest BCUT2D eigenvalue weighted by atomic mass is 35.5. The normalized spacial score (nSPS) is 10.3. The SMILES string of the molecule is CCc1cc(Oc2ccc(C(=O)O)c(N)c2)ccc1Cl. The maximum Gasteiger partial charge on any atom is 0.337 e. The maximum atomic E-state index is 10.9. The van der Waals surface area contributed by atoms with Crippen molar-refractivity contribution in [2.75, 3.05) is 5.73 Å². The first kappa shape index (κ1) is 14.2. The van der Waals surface area contributed by atoms with E-state index in [1.54, 1.807) is 18.2 Å². The molecule has 0 fully saturated rings. The fourth-order valence-corrected chi connectivity index (χ4v) is 2.07. The van der Waals surface area contributed by atoms with Gasteiger partial charge in [0.15, 0.2) is 0 Å². The topological polar surface area (TPSA) is 72.5 Å². The number of hydrogen-bond donors (Lipinski definition) is 2.